The molecule has 0 aromatic carbocycles. The predicted octanol–water partition coefficient (Wildman–Crippen LogP) is 3.36. The first-order valence-electron chi connectivity index (χ1n) is 5.00. The highest BCUT2D eigenvalue weighted by atomic mass is 15.1. The third-order valence-electron chi connectivity index (χ3n) is 1.87. The molecule has 0 atom stereocenters. The van der Waals surface area contributed by atoms with Crippen LogP contribution >= 0.6 is 0 Å². The van der Waals surface area contributed by atoms with E-state index in [0.717, 1.165) is 13.1 Å². The summed E-state index contributed by atoms with van der Waals surface area (Å²) in [5.74, 6) is 0. The molecule has 1 heteroatoms. The molecule has 74 valence electrons. The van der Waals surface area contributed by atoms with E-state index in [1.807, 2.05) is 13.0 Å². The van der Waals surface area contributed by atoms with Crippen molar-refractivity contribution >= 4 is 0 Å². The van der Waals surface area contributed by atoms with Gasteiger partial charge in [0.2, 0.25) is 0 Å². The topological polar surface area (TPSA) is 3.24 Å². The van der Waals surface area contributed by atoms with E-state index in [0.29, 0.717) is 0 Å². The Labute approximate surface area is 82.4 Å². The Hall–Kier alpha value is -0.980. The molecule has 0 aliphatic rings. The van der Waals surface area contributed by atoms with Gasteiger partial charge in [-0.25, -0.2) is 0 Å². The van der Waals surface area contributed by atoms with Crippen molar-refractivity contribution in [3.05, 3.63) is 36.6 Å². The van der Waals surface area contributed by atoms with E-state index in [1.165, 1.54) is 12.1 Å². The molecule has 0 heterocycles. The lowest BCUT2D eigenvalue weighted by atomic mass is 10.3. The number of hydrogen-bond acceptors (Lipinski definition) is 1. The van der Waals surface area contributed by atoms with E-state index in [9.17, 15) is 0 Å². The van der Waals surface area contributed by atoms with Crippen molar-refractivity contribution in [2.24, 2.45) is 0 Å². The van der Waals surface area contributed by atoms with E-state index < -0.39 is 0 Å². The van der Waals surface area contributed by atoms with E-state index >= 15 is 0 Å². The van der Waals surface area contributed by atoms with E-state index in [2.05, 4.69) is 43.6 Å². The fourth-order valence-electron chi connectivity index (χ4n) is 1.30. The average molecular weight is 179 g/mol. The minimum Gasteiger partial charge on any atom is -0.372 e. The van der Waals surface area contributed by atoms with Crippen molar-refractivity contribution in [1.29, 1.82) is 0 Å². The van der Waals surface area contributed by atoms with Crippen LogP contribution in [0.1, 0.15) is 27.2 Å². The summed E-state index contributed by atoms with van der Waals surface area (Å²) in [6, 6.07) is 0. The molecule has 1 nitrogen and oxygen atoms in total. The van der Waals surface area contributed by atoms with Gasteiger partial charge in [0.25, 0.3) is 0 Å². The molecule has 0 amide bonds. The minimum atomic E-state index is 1.05. The molecule has 0 unspecified atom stereocenters. The van der Waals surface area contributed by atoms with Crippen molar-refractivity contribution in [3.8, 4) is 0 Å². The van der Waals surface area contributed by atoms with E-state index in [4.69, 9.17) is 0 Å². The van der Waals surface area contributed by atoms with Gasteiger partial charge in [0.05, 0.1) is 0 Å². The van der Waals surface area contributed by atoms with Gasteiger partial charge in [0.15, 0.2) is 0 Å². The molecule has 0 aromatic heterocycles. The van der Waals surface area contributed by atoms with Crippen LogP contribution in [0.4, 0.5) is 0 Å². The first-order chi connectivity index (χ1) is 6.29. The lowest BCUT2D eigenvalue weighted by molar-refractivity contribution is 0.373. The normalized spacial score (nSPS) is 12.1. The Kier molecular flexibility index (Phi) is 7.08. The van der Waals surface area contributed by atoms with Crippen LogP contribution in [0.5, 0.6) is 0 Å². The zero-order valence-corrected chi connectivity index (χ0v) is 9.09. The zero-order chi connectivity index (χ0) is 10.1. The Morgan fingerprint density at radius 3 is 2.46 bits per heavy atom. The number of allylic oxidation sites excluding steroid dienone is 4. The molecule has 0 aromatic rings. The van der Waals surface area contributed by atoms with Crippen molar-refractivity contribution in [3.63, 3.8) is 0 Å². The summed E-state index contributed by atoms with van der Waals surface area (Å²) in [7, 11) is 0. The van der Waals surface area contributed by atoms with E-state index in [1.54, 1.807) is 0 Å². The third-order valence-corrected chi connectivity index (χ3v) is 1.87. The molecular formula is C12H21N. The second-order valence-electron chi connectivity index (χ2n) is 2.91. The molecule has 0 bridgehead atoms. The smallest absolute Gasteiger partial charge is 0.0362 e. The number of hydrogen-bond donors (Lipinski definition) is 0. The van der Waals surface area contributed by atoms with Crippen LogP contribution in [-0.4, -0.2) is 18.0 Å². The Morgan fingerprint density at radius 2 is 2.08 bits per heavy atom. The highest BCUT2D eigenvalue weighted by Crippen LogP contribution is 2.06. The maximum atomic E-state index is 3.72. The molecule has 0 spiro atoms. The second kappa shape index (κ2) is 7.66. The van der Waals surface area contributed by atoms with Crippen LogP contribution in [-0.2, 0) is 0 Å². The van der Waals surface area contributed by atoms with Crippen molar-refractivity contribution in [2.75, 3.05) is 13.1 Å². The largest absolute Gasteiger partial charge is 0.372 e. The van der Waals surface area contributed by atoms with Gasteiger partial charge in [-0.2, -0.15) is 0 Å². The Bertz CT molecular complexity index is 189. The summed E-state index contributed by atoms with van der Waals surface area (Å²) < 4.78 is 0. The summed E-state index contributed by atoms with van der Waals surface area (Å²) in [5, 5.41) is 0. The monoisotopic (exact) mass is 179 g/mol. The van der Waals surface area contributed by atoms with Gasteiger partial charge in [-0.3, -0.25) is 0 Å². The standard InChI is InChI=1S/C12H21N/c1-5-9-12(10-6-2)13(8-4)11-7-3/h5-6,9-10H,1,7-8,11H2,2-4H3/b10-6-,12-9+. The molecule has 0 aliphatic heterocycles. The highest BCUT2D eigenvalue weighted by Gasteiger charge is 2.00. The van der Waals surface area contributed by atoms with Gasteiger partial charge in [-0.05, 0) is 32.4 Å². The van der Waals surface area contributed by atoms with Crippen LogP contribution in [0, 0.1) is 0 Å². The van der Waals surface area contributed by atoms with Gasteiger partial charge in [0, 0.05) is 18.8 Å². The first kappa shape index (κ1) is 12.0. The van der Waals surface area contributed by atoms with Crippen LogP contribution in [0.25, 0.3) is 0 Å². The zero-order valence-electron chi connectivity index (χ0n) is 9.09. The fourth-order valence-corrected chi connectivity index (χ4v) is 1.30. The average Bonchev–Trinajstić information content (AvgIpc) is 2.14. The molecule has 0 radical (unpaired) electrons. The van der Waals surface area contributed by atoms with Gasteiger partial charge in [-0.1, -0.05) is 25.7 Å². The summed E-state index contributed by atoms with van der Waals surface area (Å²) in [6.45, 7) is 12.3. The summed E-state index contributed by atoms with van der Waals surface area (Å²) in [6.07, 6.45) is 9.27. The van der Waals surface area contributed by atoms with Crippen LogP contribution in [0.3, 0.4) is 0 Å². The fraction of sp³-hybridized carbons (Fsp3) is 0.500. The molecule has 0 aliphatic carbocycles. The lowest BCUT2D eigenvalue weighted by Gasteiger charge is -2.23. The van der Waals surface area contributed by atoms with Gasteiger partial charge >= 0.3 is 0 Å². The third kappa shape index (κ3) is 4.56. The quantitative estimate of drug-likeness (QED) is 0.565. The lowest BCUT2D eigenvalue weighted by Crippen LogP contribution is -2.22. The van der Waals surface area contributed by atoms with Crippen molar-refractivity contribution < 1.29 is 0 Å². The predicted molar refractivity (Wildman–Crippen MR) is 60.6 cm³/mol. The van der Waals surface area contributed by atoms with Crippen LogP contribution < -0.4 is 0 Å². The molecule has 0 saturated carbocycles. The molecule has 0 rings (SSSR count). The maximum Gasteiger partial charge on any atom is 0.0362 e. The van der Waals surface area contributed by atoms with Gasteiger partial charge in [0.1, 0.15) is 0 Å². The minimum absolute atomic E-state index is 1.05. The second-order valence-corrected chi connectivity index (χ2v) is 2.91. The summed E-state index contributed by atoms with van der Waals surface area (Å²) in [4.78, 5) is 2.35. The molecule has 0 N–H and O–H groups in total. The van der Waals surface area contributed by atoms with Crippen LogP contribution in [0.2, 0.25) is 0 Å². The van der Waals surface area contributed by atoms with Gasteiger partial charge in [-0.15, -0.1) is 0 Å². The number of rotatable bonds is 6. The maximum absolute atomic E-state index is 3.72. The molecule has 0 saturated heterocycles. The SMILES string of the molecule is C=C/C=C(\C=C/C)N(CC)CCC. The molecule has 0 fully saturated rings. The molecule has 13 heavy (non-hydrogen) atoms. The number of nitrogens with zero attached hydrogens (tertiary/aromatic N) is 1. The summed E-state index contributed by atoms with van der Waals surface area (Å²) in [5.41, 5.74) is 1.25. The Morgan fingerprint density at radius 1 is 1.38 bits per heavy atom. The van der Waals surface area contributed by atoms with E-state index in [-0.39, 0.29) is 0 Å². The number of likely N-dealkylation sites (N-methyl/N-ethyl adjacent to an activating group) is 1. The highest BCUT2D eigenvalue weighted by molar-refractivity contribution is 5.21. The van der Waals surface area contributed by atoms with Gasteiger partial charge < -0.3 is 4.90 Å². The molecular weight excluding hydrogens is 158 g/mol. The van der Waals surface area contributed by atoms with Crippen molar-refractivity contribution in [1.82, 2.24) is 4.90 Å². The summed E-state index contributed by atoms with van der Waals surface area (Å²) >= 11 is 0. The Balaban J connectivity index is 4.47. The first-order valence-corrected chi connectivity index (χ1v) is 5.00. The van der Waals surface area contributed by atoms with Crippen molar-refractivity contribution in [2.45, 2.75) is 27.2 Å². The van der Waals surface area contributed by atoms with Crippen LogP contribution in [0.15, 0.2) is 36.6 Å².